The van der Waals surface area contributed by atoms with E-state index in [1.165, 1.54) is 56.5 Å². The second kappa shape index (κ2) is 7.86. The molecule has 0 bridgehead atoms. The van der Waals surface area contributed by atoms with E-state index in [1.54, 1.807) is 4.90 Å². The predicted molar refractivity (Wildman–Crippen MR) is 134 cm³/mol. The van der Waals surface area contributed by atoms with Crippen molar-refractivity contribution in [1.29, 1.82) is 0 Å². The molecule has 2 aromatic rings. The minimum absolute atomic E-state index is 0.101. The molecule has 2 aliphatic rings. The molecule has 2 nitrogen and oxygen atoms in total. The van der Waals surface area contributed by atoms with Gasteiger partial charge in [-0.2, -0.15) is 4.58 Å². The Morgan fingerprint density at radius 1 is 0.933 bits per heavy atom. The van der Waals surface area contributed by atoms with Gasteiger partial charge in [0, 0.05) is 57.4 Å². The zero-order chi connectivity index (χ0) is 21.8. The van der Waals surface area contributed by atoms with Crippen LogP contribution in [0.2, 0.25) is 0 Å². The molecule has 0 saturated heterocycles. The summed E-state index contributed by atoms with van der Waals surface area (Å²) in [7, 11) is 0. The van der Waals surface area contributed by atoms with E-state index in [0.717, 1.165) is 6.54 Å². The monoisotopic (exact) mass is 532 g/mol. The van der Waals surface area contributed by atoms with Crippen LogP contribution in [0.25, 0.3) is 0 Å². The first kappa shape index (κ1) is 22.2. The summed E-state index contributed by atoms with van der Waals surface area (Å²) in [6.45, 7) is 16.5. The van der Waals surface area contributed by atoms with E-state index >= 15 is 0 Å². The molecule has 0 saturated carbocycles. The fourth-order valence-electron chi connectivity index (χ4n) is 5.41. The van der Waals surface area contributed by atoms with Crippen molar-refractivity contribution in [2.24, 2.45) is 0 Å². The maximum atomic E-state index is 3.67. The summed E-state index contributed by atoms with van der Waals surface area (Å²) < 4.78 is 4.92. The van der Waals surface area contributed by atoms with Crippen LogP contribution in [0.15, 0.2) is 45.3 Å². The van der Waals surface area contributed by atoms with Crippen molar-refractivity contribution >= 4 is 48.9 Å². The Bertz CT molecular complexity index is 1020. The third kappa shape index (κ3) is 3.53. The standard InChI is InChI=1S/C26H33Br2N2/c1-17-25(3,4)21-15-19(27)9-11-23(21)29(17)13-7-8-14-30-18(2)26(5,6)22-16-20(28)10-12-24(22)30/h9-12,15-17H,7-8,13-14H2,1-6H3/q+1/p+1. The molecular formula is C26H34Br2N2+2. The van der Waals surface area contributed by atoms with Crippen LogP contribution in [-0.4, -0.2) is 29.4 Å². The third-order valence-corrected chi connectivity index (χ3v) is 8.92. The van der Waals surface area contributed by atoms with Gasteiger partial charge in [0.25, 0.3) is 0 Å². The Balaban J connectivity index is 1.46. The number of quaternary nitrogens is 1. The number of hydrogen-bond donors (Lipinski definition) is 1. The fraction of sp³-hybridized carbons (Fsp3) is 0.500. The van der Waals surface area contributed by atoms with Crippen LogP contribution in [0.5, 0.6) is 0 Å². The number of hydrogen-bond acceptors (Lipinski definition) is 0. The van der Waals surface area contributed by atoms with Crippen LogP contribution in [0.4, 0.5) is 11.4 Å². The molecule has 1 N–H and O–H groups in total. The fourth-order valence-corrected chi connectivity index (χ4v) is 6.14. The van der Waals surface area contributed by atoms with Crippen LogP contribution >= 0.6 is 31.9 Å². The lowest BCUT2D eigenvalue weighted by atomic mass is 9.81. The molecule has 0 radical (unpaired) electrons. The maximum Gasteiger partial charge on any atom is 0.209 e. The van der Waals surface area contributed by atoms with Gasteiger partial charge < -0.3 is 0 Å². The van der Waals surface area contributed by atoms with Gasteiger partial charge in [-0.15, -0.1) is 0 Å². The Labute approximate surface area is 198 Å². The second-order valence-corrected chi connectivity index (χ2v) is 12.0. The van der Waals surface area contributed by atoms with Gasteiger partial charge in [-0.3, -0.25) is 4.90 Å². The highest BCUT2D eigenvalue weighted by Crippen LogP contribution is 2.41. The molecular weight excluding hydrogens is 500 g/mol. The SMILES string of the molecule is CC1=[N+](CCCC[NH+]2c3ccc(Br)cc3C(C)(C)C2C)c2ccc(Br)cc2C1(C)C. The largest absolute Gasteiger partial charge is 0.299 e. The summed E-state index contributed by atoms with van der Waals surface area (Å²) in [4.78, 5) is 1.65. The summed E-state index contributed by atoms with van der Waals surface area (Å²) in [6.07, 6.45) is 2.45. The van der Waals surface area contributed by atoms with Crippen molar-refractivity contribution in [3.8, 4) is 0 Å². The lowest BCUT2D eigenvalue weighted by molar-refractivity contribution is -0.856. The molecule has 0 spiro atoms. The maximum absolute atomic E-state index is 3.67. The average Bonchev–Trinajstić information content (AvgIpc) is 2.99. The summed E-state index contributed by atoms with van der Waals surface area (Å²) in [6, 6.07) is 14.2. The van der Waals surface area contributed by atoms with Gasteiger partial charge in [-0.1, -0.05) is 31.9 Å². The van der Waals surface area contributed by atoms with Gasteiger partial charge in [-0.05, 0) is 58.9 Å². The number of nitrogens with zero attached hydrogens (tertiary/aromatic N) is 1. The zero-order valence-corrected chi connectivity index (χ0v) is 22.2. The lowest BCUT2D eigenvalue weighted by Gasteiger charge is -2.26. The predicted octanol–water partition coefficient (Wildman–Crippen LogP) is 6.28. The van der Waals surface area contributed by atoms with Gasteiger partial charge >= 0.3 is 0 Å². The minimum Gasteiger partial charge on any atom is -0.299 e. The molecule has 2 aliphatic heterocycles. The van der Waals surface area contributed by atoms with E-state index in [2.05, 4.69) is 114 Å². The normalized spacial score (nSPS) is 23.6. The van der Waals surface area contributed by atoms with E-state index in [0.29, 0.717) is 6.04 Å². The van der Waals surface area contributed by atoms with Crippen LogP contribution in [0, 0.1) is 0 Å². The first-order chi connectivity index (χ1) is 14.0. The van der Waals surface area contributed by atoms with E-state index in [-0.39, 0.29) is 10.8 Å². The van der Waals surface area contributed by atoms with Gasteiger partial charge in [0.05, 0.1) is 18.0 Å². The summed E-state index contributed by atoms with van der Waals surface area (Å²) in [5, 5.41) is 0. The molecule has 0 amide bonds. The second-order valence-electron chi connectivity index (χ2n) is 10.1. The molecule has 2 heterocycles. The summed E-state index contributed by atoms with van der Waals surface area (Å²) >= 11 is 7.33. The summed E-state index contributed by atoms with van der Waals surface area (Å²) in [5.74, 6) is 0. The van der Waals surface area contributed by atoms with Gasteiger partial charge in [-0.25, -0.2) is 0 Å². The smallest absolute Gasteiger partial charge is 0.209 e. The Morgan fingerprint density at radius 3 is 2.27 bits per heavy atom. The highest BCUT2D eigenvalue weighted by molar-refractivity contribution is 9.10. The Kier molecular flexibility index (Phi) is 5.83. The third-order valence-electron chi connectivity index (χ3n) is 7.94. The van der Waals surface area contributed by atoms with Crippen molar-refractivity contribution in [3.63, 3.8) is 0 Å². The molecule has 4 heteroatoms. The zero-order valence-electron chi connectivity index (χ0n) is 19.1. The number of unbranched alkanes of at least 4 members (excludes halogenated alkanes) is 1. The van der Waals surface area contributed by atoms with Crippen molar-refractivity contribution in [2.45, 2.75) is 71.3 Å². The number of nitrogens with one attached hydrogen (secondary N) is 1. The lowest BCUT2D eigenvalue weighted by Crippen LogP contribution is -3.10. The van der Waals surface area contributed by atoms with Crippen molar-refractivity contribution in [2.75, 3.05) is 13.1 Å². The van der Waals surface area contributed by atoms with E-state index in [9.17, 15) is 0 Å². The molecule has 2 atom stereocenters. The van der Waals surface area contributed by atoms with Crippen molar-refractivity contribution in [1.82, 2.24) is 0 Å². The highest BCUT2D eigenvalue weighted by atomic mass is 79.9. The van der Waals surface area contributed by atoms with Gasteiger partial charge in [0.2, 0.25) is 5.69 Å². The topological polar surface area (TPSA) is 7.45 Å². The van der Waals surface area contributed by atoms with Gasteiger partial charge in [0.1, 0.15) is 12.2 Å². The first-order valence-electron chi connectivity index (χ1n) is 11.1. The molecule has 30 heavy (non-hydrogen) atoms. The highest BCUT2D eigenvalue weighted by Gasteiger charge is 2.46. The molecule has 160 valence electrons. The van der Waals surface area contributed by atoms with Crippen LogP contribution < -0.4 is 4.90 Å². The van der Waals surface area contributed by atoms with Crippen LogP contribution in [0.1, 0.15) is 65.5 Å². The van der Waals surface area contributed by atoms with Gasteiger partial charge in [0.15, 0.2) is 5.71 Å². The number of rotatable bonds is 5. The molecule has 2 unspecified atom stereocenters. The first-order valence-corrected chi connectivity index (χ1v) is 12.7. The number of fused-ring (bicyclic) bond motifs is 2. The number of benzene rings is 2. The number of halogens is 2. The Hall–Kier alpha value is -0.970. The van der Waals surface area contributed by atoms with E-state index in [1.807, 2.05) is 0 Å². The molecule has 2 aromatic carbocycles. The molecule has 4 rings (SSSR count). The molecule has 0 aromatic heterocycles. The van der Waals surface area contributed by atoms with Crippen molar-refractivity contribution < 1.29 is 9.48 Å². The molecule has 0 fully saturated rings. The van der Waals surface area contributed by atoms with E-state index in [4.69, 9.17) is 0 Å². The quantitative estimate of drug-likeness (QED) is 0.341. The van der Waals surface area contributed by atoms with E-state index < -0.39 is 0 Å². The minimum atomic E-state index is 0.101. The van der Waals surface area contributed by atoms with Crippen LogP contribution in [-0.2, 0) is 10.8 Å². The van der Waals surface area contributed by atoms with Crippen molar-refractivity contribution in [3.05, 3.63) is 56.5 Å². The van der Waals surface area contributed by atoms with Crippen LogP contribution in [0.3, 0.4) is 0 Å². The average molecular weight is 534 g/mol. The Morgan fingerprint density at radius 2 is 1.57 bits per heavy atom. The summed E-state index contributed by atoms with van der Waals surface area (Å²) in [5.41, 5.74) is 7.61. The molecule has 0 aliphatic carbocycles.